The van der Waals surface area contributed by atoms with E-state index >= 15 is 0 Å². The van der Waals surface area contributed by atoms with Crippen molar-refractivity contribution in [2.24, 2.45) is 0 Å². The fourth-order valence-electron chi connectivity index (χ4n) is 1.90. The van der Waals surface area contributed by atoms with Gasteiger partial charge in [0, 0.05) is 12.4 Å². The maximum absolute atomic E-state index is 12.2. The predicted octanol–water partition coefficient (Wildman–Crippen LogP) is 3.95. The minimum Gasteiger partial charge on any atom is -0.458 e. The molecule has 0 aromatic carbocycles. The summed E-state index contributed by atoms with van der Waals surface area (Å²) >= 11 is 0. The average Bonchev–Trinajstić information content (AvgIpc) is 2.74. The van der Waals surface area contributed by atoms with Gasteiger partial charge in [-0.3, -0.25) is 0 Å². The van der Waals surface area contributed by atoms with E-state index in [9.17, 15) is 4.79 Å². The van der Waals surface area contributed by atoms with Gasteiger partial charge in [-0.1, -0.05) is 26.2 Å². The van der Waals surface area contributed by atoms with Crippen LogP contribution in [-0.4, -0.2) is 16.1 Å². The molecule has 1 aromatic rings. The van der Waals surface area contributed by atoms with E-state index in [0.717, 1.165) is 25.7 Å². The monoisotopic (exact) mass is 251 g/mol. The summed E-state index contributed by atoms with van der Waals surface area (Å²) in [6.45, 7) is 7.88. The zero-order chi connectivity index (χ0) is 13.6. The number of hydrogen-bond acceptors (Lipinski definition) is 2. The molecule has 0 saturated heterocycles. The molecule has 0 spiro atoms. The van der Waals surface area contributed by atoms with Crippen molar-refractivity contribution in [3.05, 3.63) is 24.5 Å². The molecule has 0 aliphatic heterocycles. The number of nitrogens with zero attached hydrogens (tertiary/aromatic N) is 1. The van der Waals surface area contributed by atoms with Crippen LogP contribution in [0, 0.1) is 0 Å². The SMILES string of the molecule is CCCCCC(C(=O)OC(C)(C)C)n1cccc1. The Morgan fingerprint density at radius 3 is 2.33 bits per heavy atom. The van der Waals surface area contributed by atoms with Gasteiger partial charge in [-0.05, 0) is 39.3 Å². The van der Waals surface area contributed by atoms with Gasteiger partial charge in [-0.2, -0.15) is 0 Å². The van der Waals surface area contributed by atoms with E-state index in [1.165, 1.54) is 0 Å². The summed E-state index contributed by atoms with van der Waals surface area (Å²) in [5.74, 6) is -0.130. The van der Waals surface area contributed by atoms with Gasteiger partial charge in [0.1, 0.15) is 11.6 Å². The molecule has 1 rings (SSSR count). The van der Waals surface area contributed by atoms with Crippen LogP contribution in [0.2, 0.25) is 0 Å². The van der Waals surface area contributed by atoms with Crippen molar-refractivity contribution in [2.75, 3.05) is 0 Å². The van der Waals surface area contributed by atoms with Crippen molar-refractivity contribution in [2.45, 2.75) is 65.0 Å². The molecular weight excluding hydrogens is 226 g/mol. The van der Waals surface area contributed by atoms with Crippen LogP contribution in [0.4, 0.5) is 0 Å². The Morgan fingerprint density at radius 2 is 1.83 bits per heavy atom. The second-order valence-electron chi connectivity index (χ2n) is 5.68. The van der Waals surface area contributed by atoms with E-state index in [1.807, 2.05) is 49.9 Å². The summed E-state index contributed by atoms with van der Waals surface area (Å²) in [5.41, 5.74) is -0.423. The number of esters is 1. The number of rotatable bonds is 6. The van der Waals surface area contributed by atoms with Gasteiger partial charge in [-0.15, -0.1) is 0 Å². The quantitative estimate of drug-likeness (QED) is 0.566. The third-order valence-corrected chi connectivity index (χ3v) is 2.75. The Kier molecular flexibility index (Phi) is 5.45. The first-order valence-corrected chi connectivity index (χ1v) is 6.79. The van der Waals surface area contributed by atoms with Gasteiger partial charge in [0.05, 0.1) is 0 Å². The zero-order valence-corrected chi connectivity index (χ0v) is 12.0. The molecule has 0 fully saturated rings. The summed E-state index contributed by atoms with van der Waals surface area (Å²) in [4.78, 5) is 12.2. The highest BCUT2D eigenvalue weighted by Crippen LogP contribution is 2.21. The highest BCUT2D eigenvalue weighted by Gasteiger charge is 2.25. The van der Waals surface area contributed by atoms with Crippen LogP contribution in [0.3, 0.4) is 0 Å². The van der Waals surface area contributed by atoms with E-state index in [4.69, 9.17) is 4.74 Å². The summed E-state index contributed by atoms with van der Waals surface area (Å²) < 4.78 is 7.44. The van der Waals surface area contributed by atoms with Crippen LogP contribution in [0.1, 0.15) is 59.4 Å². The van der Waals surface area contributed by atoms with Crippen LogP contribution in [-0.2, 0) is 9.53 Å². The molecule has 0 bridgehead atoms. The van der Waals surface area contributed by atoms with Gasteiger partial charge in [-0.25, -0.2) is 4.79 Å². The molecule has 0 saturated carbocycles. The van der Waals surface area contributed by atoms with Crippen molar-refractivity contribution in [1.29, 1.82) is 0 Å². The highest BCUT2D eigenvalue weighted by atomic mass is 16.6. The topological polar surface area (TPSA) is 31.2 Å². The number of aromatic nitrogens is 1. The van der Waals surface area contributed by atoms with E-state index in [0.29, 0.717) is 0 Å². The second-order valence-corrected chi connectivity index (χ2v) is 5.68. The minimum absolute atomic E-state index is 0.130. The maximum Gasteiger partial charge on any atom is 0.329 e. The standard InChI is InChI=1S/C15H25NO2/c1-5-6-7-10-13(16-11-8-9-12-16)14(17)18-15(2,3)4/h8-9,11-13H,5-7,10H2,1-4H3. The molecule has 1 heterocycles. The van der Waals surface area contributed by atoms with E-state index in [-0.39, 0.29) is 12.0 Å². The first-order valence-electron chi connectivity index (χ1n) is 6.79. The van der Waals surface area contributed by atoms with Crippen LogP contribution in [0.15, 0.2) is 24.5 Å². The Labute approximate surface area is 110 Å². The van der Waals surface area contributed by atoms with Crippen molar-refractivity contribution in [3.8, 4) is 0 Å². The van der Waals surface area contributed by atoms with Gasteiger partial charge >= 0.3 is 5.97 Å². The Hall–Kier alpha value is -1.25. The van der Waals surface area contributed by atoms with E-state index in [2.05, 4.69) is 6.92 Å². The van der Waals surface area contributed by atoms with Gasteiger partial charge in [0.15, 0.2) is 0 Å². The number of ether oxygens (including phenoxy) is 1. The smallest absolute Gasteiger partial charge is 0.329 e. The normalized spacial score (nSPS) is 13.3. The molecule has 0 amide bonds. The van der Waals surface area contributed by atoms with Gasteiger partial charge < -0.3 is 9.30 Å². The van der Waals surface area contributed by atoms with Crippen molar-refractivity contribution >= 4 is 5.97 Å². The number of hydrogen-bond donors (Lipinski definition) is 0. The van der Waals surface area contributed by atoms with Crippen LogP contribution in [0.25, 0.3) is 0 Å². The van der Waals surface area contributed by atoms with Crippen molar-refractivity contribution in [3.63, 3.8) is 0 Å². The molecule has 0 aliphatic carbocycles. The number of carbonyl (C=O) groups excluding carboxylic acids is 1. The minimum atomic E-state index is -0.423. The van der Waals surface area contributed by atoms with E-state index in [1.54, 1.807) is 0 Å². The fraction of sp³-hybridized carbons (Fsp3) is 0.667. The first-order chi connectivity index (χ1) is 8.44. The fourth-order valence-corrected chi connectivity index (χ4v) is 1.90. The molecule has 1 unspecified atom stereocenters. The molecular formula is C15H25NO2. The number of unbranched alkanes of at least 4 members (excludes halogenated alkanes) is 2. The summed E-state index contributed by atoms with van der Waals surface area (Å²) in [6.07, 6.45) is 8.07. The summed E-state index contributed by atoms with van der Waals surface area (Å²) in [5, 5.41) is 0. The third kappa shape index (κ3) is 4.94. The lowest BCUT2D eigenvalue weighted by Gasteiger charge is -2.24. The molecule has 1 atom stereocenters. The molecule has 1 aromatic heterocycles. The highest BCUT2D eigenvalue weighted by molar-refractivity contribution is 5.74. The van der Waals surface area contributed by atoms with Crippen molar-refractivity contribution in [1.82, 2.24) is 4.57 Å². The Morgan fingerprint density at radius 1 is 1.22 bits per heavy atom. The zero-order valence-electron chi connectivity index (χ0n) is 12.0. The Bertz CT molecular complexity index is 349. The lowest BCUT2D eigenvalue weighted by atomic mass is 10.1. The van der Waals surface area contributed by atoms with Crippen LogP contribution in [0.5, 0.6) is 0 Å². The molecule has 102 valence electrons. The second kappa shape index (κ2) is 6.62. The van der Waals surface area contributed by atoms with Crippen LogP contribution < -0.4 is 0 Å². The molecule has 0 radical (unpaired) electrons. The van der Waals surface area contributed by atoms with E-state index < -0.39 is 5.60 Å². The molecule has 3 nitrogen and oxygen atoms in total. The lowest BCUT2D eigenvalue weighted by Crippen LogP contribution is -2.30. The average molecular weight is 251 g/mol. The first kappa shape index (κ1) is 14.8. The molecule has 18 heavy (non-hydrogen) atoms. The lowest BCUT2D eigenvalue weighted by molar-refractivity contribution is -0.159. The van der Waals surface area contributed by atoms with Crippen molar-refractivity contribution < 1.29 is 9.53 Å². The van der Waals surface area contributed by atoms with Gasteiger partial charge in [0.25, 0.3) is 0 Å². The maximum atomic E-state index is 12.2. The summed E-state index contributed by atoms with van der Waals surface area (Å²) in [6, 6.07) is 3.69. The molecule has 0 aliphatic rings. The third-order valence-electron chi connectivity index (χ3n) is 2.75. The summed E-state index contributed by atoms with van der Waals surface area (Å²) in [7, 11) is 0. The van der Waals surface area contributed by atoms with Crippen LogP contribution >= 0.6 is 0 Å². The largest absolute Gasteiger partial charge is 0.458 e. The predicted molar refractivity (Wildman–Crippen MR) is 73.5 cm³/mol. The molecule has 0 N–H and O–H groups in total. The number of carbonyl (C=O) groups is 1. The Balaban J connectivity index is 2.68. The molecule has 3 heteroatoms. The van der Waals surface area contributed by atoms with Gasteiger partial charge in [0.2, 0.25) is 0 Å².